The normalized spacial score (nSPS) is 14.5. The van der Waals surface area contributed by atoms with E-state index in [1.807, 2.05) is 43.8 Å². The molecular weight excluding hydrogens is 292 g/mol. The molecule has 4 nitrogen and oxygen atoms in total. The van der Waals surface area contributed by atoms with Gasteiger partial charge in [-0.15, -0.1) is 0 Å². The molecule has 0 fully saturated rings. The van der Waals surface area contributed by atoms with Gasteiger partial charge in [-0.05, 0) is 48.3 Å². The van der Waals surface area contributed by atoms with E-state index in [2.05, 4.69) is 26.0 Å². The van der Waals surface area contributed by atoms with Crippen LogP contribution in [0.2, 0.25) is 0 Å². The molecule has 0 amide bonds. The summed E-state index contributed by atoms with van der Waals surface area (Å²) in [6.07, 6.45) is 3.61. The smallest absolute Gasteiger partial charge is 0.0934 e. The molecule has 0 aliphatic heterocycles. The van der Waals surface area contributed by atoms with E-state index in [0.29, 0.717) is 0 Å². The molecule has 2 heterocycles. The second-order valence-electron chi connectivity index (χ2n) is 4.52. The highest BCUT2D eigenvalue weighted by Gasteiger charge is 2.23. The summed E-state index contributed by atoms with van der Waals surface area (Å²) >= 11 is 3.55. The molecular formula is C13H17BrN4. The van der Waals surface area contributed by atoms with Gasteiger partial charge >= 0.3 is 0 Å². The highest BCUT2D eigenvalue weighted by molar-refractivity contribution is 9.10. The zero-order valence-electron chi connectivity index (χ0n) is 10.8. The van der Waals surface area contributed by atoms with Crippen molar-refractivity contribution in [2.45, 2.75) is 32.9 Å². The van der Waals surface area contributed by atoms with E-state index in [-0.39, 0.29) is 12.1 Å². The lowest BCUT2D eigenvalue weighted by Crippen LogP contribution is -2.31. The maximum absolute atomic E-state index is 6.13. The van der Waals surface area contributed by atoms with E-state index < -0.39 is 0 Å². The van der Waals surface area contributed by atoms with Crippen molar-refractivity contribution in [1.29, 1.82) is 0 Å². The molecule has 96 valence electrons. The van der Waals surface area contributed by atoms with Crippen LogP contribution in [0.5, 0.6) is 0 Å². The monoisotopic (exact) mass is 308 g/mol. The Balaban J connectivity index is 2.52. The Bertz CT molecular complexity index is 533. The number of aryl methyl sites for hydroxylation is 1. The minimum atomic E-state index is -0.0425. The van der Waals surface area contributed by atoms with Gasteiger partial charge in [-0.2, -0.15) is 5.10 Å². The van der Waals surface area contributed by atoms with Crippen LogP contribution in [0.25, 0.3) is 0 Å². The van der Waals surface area contributed by atoms with Gasteiger partial charge in [0, 0.05) is 18.4 Å². The van der Waals surface area contributed by atoms with Crippen LogP contribution < -0.4 is 5.73 Å². The van der Waals surface area contributed by atoms with E-state index in [1.165, 1.54) is 0 Å². The molecule has 0 aromatic carbocycles. The zero-order valence-corrected chi connectivity index (χ0v) is 12.3. The van der Waals surface area contributed by atoms with Gasteiger partial charge in [-0.25, -0.2) is 0 Å². The Morgan fingerprint density at radius 1 is 1.39 bits per heavy atom. The van der Waals surface area contributed by atoms with Crippen molar-refractivity contribution in [3.63, 3.8) is 0 Å². The van der Waals surface area contributed by atoms with Crippen molar-refractivity contribution in [1.82, 2.24) is 14.8 Å². The summed E-state index contributed by atoms with van der Waals surface area (Å²) in [6.45, 7) is 6.01. The van der Waals surface area contributed by atoms with Gasteiger partial charge in [-0.3, -0.25) is 9.67 Å². The van der Waals surface area contributed by atoms with E-state index in [0.717, 1.165) is 21.4 Å². The third kappa shape index (κ3) is 2.33. The quantitative estimate of drug-likeness (QED) is 0.948. The first-order valence-corrected chi connectivity index (χ1v) is 6.68. The number of nitrogens with two attached hydrogens (primary N) is 1. The van der Waals surface area contributed by atoms with Crippen LogP contribution in [-0.2, 0) is 0 Å². The lowest BCUT2D eigenvalue weighted by atomic mass is 10.0. The lowest BCUT2D eigenvalue weighted by Gasteiger charge is -2.23. The van der Waals surface area contributed by atoms with Crippen molar-refractivity contribution in [3.8, 4) is 0 Å². The number of aromatic nitrogens is 3. The van der Waals surface area contributed by atoms with Crippen LogP contribution in [0.15, 0.2) is 29.0 Å². The zero-order chi connectivity index (χ0) is 13.3. The molecule has 2 atom stereocenters. The number of nitrogens with zero attached hydrogens (tertiary/aromatic N) is 3. The van der Waals surface area contributed by atoms with Gasteiger partial charge in [0.15, 0.2) is 0 Å². The Hall–Kier alpha value is -1.20. The molecule has 0 saturated carbocycles. The van der Waals surface area contributed by atoms with Crippen molar-refractivity contribution in [3.05, 3.63) is 46.0 Å². The van der Waals surface area contributed by atoms with Crippen LogP contribution in [0.3, 0.4) is 0 Å². The molecule has 2 aromatic heterocycles. The summed E-state index contributed by atoms with van der Waals surface area (Å²) in [7, 11) is 0. The molecule has 2 aromatic rings. The number of hydrogen-bond acceptors (Lipinski definition) is 3. The summed E-state index contributed by atoms with van der Waals surface area (Å²) in [5.74, 6) is 0. The average Bonchev–Trinajstić information content (AvgIpc) is 2.59. The second-order valence-corrected chi connectivity index (χ2v) is 5.31. The standard InChI is InChI=1S/C13H17BrN4/c1-8(15)13(11-5-4-6-16-7-11)18-10(3)12(14)9(2)17-18/h4-8,13H,15H2,1-3H3. The fourth-order valence-corrected chi connectivity index (χ4v) is 2.39. The molecule has 0 aliphatic carbocycles. The SMILES string of the molecule is Cc1nn(C(c2cccnc2)C(C)N)c(C)c1Br. The van der Waals surface area contributed by atoms with Crippen LogP contribution in [0.1, 0.15) is 29.9 Å². The second kappa shape index (κ2) is 5.20. The third-order valence-corrected chi connectivity index (χ3v) is 4.17. The van der Waals surface area contributed by atoms with E-state index in [9.17, 15) is 0 Å². The topological polar surface area (TPSA) is 56.7 Å². The number of pyridine rings is 1. The van der Waals surface area contributed by atoms with Crippen molar-refractivity contribution < 1.29 is 0 Å². The maximum Gasteiger partial charge on any atom is 0.0934 e. The predicted octanol–water partition coefficient (Wildman–Crippen LogP) is 2.59. The summed E-state index contributed by atoms with van der Waals surface area (Å²) in [6, 6.07) is 3.92. The first-order chi connectivity index (χ1) is 8.52. The molecule has 2 unspecified atom stereocenters. The highest BCUT2D eigenvalue weighted by atomic mass is 79.9. The summed E-state index contributed by atoms with van der Waals surface area (Å²) in [4.78, 5) is 4.16. The molecule has 0 aliphatic rings. The lowest BCUT2D eigenvalue weighted by molar-refractivity contribution is 0.442. The highest BCUT2D eigenvalue weighted by Crippen LogP contribution is 2.27. The molecule has 2 N–H and O–H groups in total. The van der Waals surface area contributed by atoms with Gasteiger partial charge in [-0.1, -0.05) is 6.07 Å². The van der Waals surface area contributed by atoms with Gasteiger partial charge in [0.1, 0.15) is 0 Å². The Morgan fingerprint density at radius 2 is 2.11 bits per heavy atom. The molecule has 0 spiro atoms. The largest absolute Gasteiger partial charge is 0.326 e. The van der Waals surface area contributed by atoms with Gasteiger partial charge < -0.3 is 5.73 Å². The van der Waals surface area contributed by atoms with Crippen LogP contribution >= 0.6 is 15.9 Å². The van der Waals surface area contributed by atoms with Gasteiger partial charge in [0.2, 0.25) is 0 Å². The van der Waals surface area contributed by atoms with Crippen molar-refractivity contribution in [2.24, 2.45) is 5.73 Å². The number of halogens is 1. The Labute approximate surface area is 115 Å². The van der Waals surface area contributed by atoms with E-state index >= 15 is 0 Å². The van der Waals surface area contributed by atoms with Gasteiger partial charge in [0.25, 0.3) is 0 Å². The third-order valence-electron chi connectivity index (χ3n) is 3.02. The van der Waals surface area contributed by atoms with Crippen LogP contribution in [-0.4, -0.2) is 20.8 Å². The number of rotatable bonds is 3. The molecule has 18 heavy (non-hydrogen) atoms. The summed E-state index contributed by atoms with van der Waals surface area (Å²) < 4.78 is 3.01. The molecule has 0 bridgehead atoms. The van der Waals surface area contributed by atoms with Crippen molar-refractivity contribution >= 4 is 15.9 Å². The molecule has 0 radical (unpaired) electrons. The maximum atomic E-state index is 6.13. The molecule has 2 rings (SSSR count). The predicted molar refractivity (Wildman–Crippen MR) is 75.4 cm³/mol. The first-order valence-electron chi connectivity index (χ1n) is 5.89. The average molecular weight is 309 g/mol. The fraction of sp³-hybridized carbons (Fsp3) is 0.385. The van der Waals surface area contributed by atoms with Gasteiger partial charge in [0.05, 0.1) is 21.9 Å². The summed E-state index contributed by atoms with van der Waals surface area (Å²) in [5.41, 5.74) is 9.26. The molecule has 5 heteroatoms. The van der Waals surface area contributed by atoms with Crippen LogP contribution in [0, 0.1) is 13.8 Å². The molecule has 0 saturated heterocycles. The summed E-state index contributed by atoms with van der Waals surface area (Å²) in [5, 5.41) is 4.57. The number of hydrogen-bond donors (Lipinski definition) is 1. The van der Waals surface area contributed by atoms with Crippen molar-refractivity contribution in [2.75, 3.05) is 0 Å². The fourth-order valence-electron chi connectivity index (χ4n) is 2.13. The minimum Gasteiger partial charge on any atom is -0.326 e. The van der Waals surface area contributed by atoms with Crippen LogP contribution in [0.4, 0.5) is 0 Å². The Morgan fingerprint density at radius 3 is 2.56 bits per heavy atom. The van der Waals surface area contributed by atoms with E-state index in [1.54, 1.807) is 6.20 Å². The Kier molecular flexibility index (Phi) is 3.82. The first kappa shape index (κ1) is 13.2. The minimum absolute atomic E-state index is 0.00343. The van der Waals surface area contributed by atoms with E-state index in [4.69, 9.17) is 5.73 Å².